The van der Waals surface area contributed by atoms with Gasteiger partial charge in [-0.25, -0.2) is 8.78 Å². The van der Waals surface area contributed by atoms with E-state index in [1.54, 1.807) is 6.92 Å². The van der Waals surface area contributed by atoms with Crippen molar-refractivity contribution in [1.29, 1.82) is 0 Å². The molecule has 0 spiro atoms. The fourth-order valence-electron chi connectivity index (χ4n) is 0.395. The first-order chi connectivity index (χ1) is 4.13. The Labute approximate surface area is 53.8 Å². The zero-order chi connectivity index (χ0) is 7.28. The van der Waals surface area contributed by atoms with Gasteiger partial charge in [0.1, 0.15) is 0 Å². The Hall–Kier alpha value is -0.440. The van der Waals surface area contributed by atoms with Crippen LogP contribution in [0.2, 0.25) is 0 Å². The molecular formula is C6H11F2N. The van der Waals surface area contributed by atoms with Gasteiger partial charge in [-0.2, -0.15) is 0 Å². The minimum atomic E-state index is -2.26. The van der Waals surface area contributed by atoms with Crippen molar-refractivity contribution < 1.29 is 8.78 Å². The minimum Gasteiger partial charge on any atom is -0.308 e. The number of hydrogen-bond acceptors (Lipinski definition) is 1. The van der Waals surface area contributed by atoms with Crippen molar-refractivity contribution in [3.05, 3.63) is 12.2 Å². The molecule has 3 heteroatoms. The summed E-state index contributed by atoms with van der Waals surface area (Å²) < 4.78 is 22.8. The summed E-state index contributed by atoms with van der Waals surface area (Å²) in [5.74, 6) is 0. The highest BCUT2D eigenvalue weighted by Gasteiger charge is 1.98. The number of rotatable bonds is 4. The van der Waals surface area contributed by atoms with Crippen LogP contribution in [0.15, 0.2) is 12.2 Å². The summed E-state index contributed by atoms with van der Waals surface area (Å²) in [4.78, 5) is 0. The smallest absolute Gasteiger partial charge is 0.250 e. The molecule has 0 fully saturated rings. The lowest BCUT2D eigenvalue weighted by Crippen LogP contribution is -2.22. The van der Waals surface area contributed by atoms with E-state index >= 15 is 0 Å². The molecule has 0 aliphatic carbocycles. The van der Waals surface area contributed by atoms with Crippen LogP contribution in [0.5, 0.6) is 0 Å². The average molecular weight is 135 g/mol. The Kier molecular flexibility index (Phi) is 4.22. The summed E-state index contributed by atoms with van der Waals surface area (Å²) in [5.41, 5.74) is 0.871. The Morgan fingerprint density at radius 3 is 2.56 bits per heavy atom. The molecule has 0 amide bonds. The average Bonchev–Trinajstić information content (AvgIpc) is 1.63. The van der Waals surface area contributed by atoms with Crippen LogP contribution >= 0.6 is 0 Å². The SMILES string of the molecule is C=C(C)CNCC(F)F. The lowest BCUT2D eigenvalue weighted by atomic mass is 10.3. The Bertz CT molecular complexity index is 91.1. The molecule has 0 radical (unpaired) electrons. The van der Waals surface area contributed by atoms with E-state index in [2.05, 4.69) is 11.9 Å². The van der Waals surface area contributed by atoms with Crippen LogP contribution in [0, 0.1) is 0 Å². The molecule has 0 aromatic heterocycles. The molecule has 1 nitrogen and oxygen atoms in total. The third kappa shape index (κ3) is 7.56. The number of hydrogen-bond donors (Lipinski definition) is 1. The molecule has 0 rings (SSSR count). The Balaban J connectivity index is 3.01. The van der Waals surface area contributed by atoms with Gasteiger partial charge in [0, 0.05) is 6.54 Å². The van der Waals surface area contributed by atoms with E-state index in [0.29, 0.717) is 6.54 Å². The molecule has 9 heavy (non-hydrogen) atoms. The first kappa shape index (κ1) is 8.56. The molecule has 0 aromatic rings. The van der Waals surface area contributed by atoms with E-state index in [0.717, 1.165) is 5.57 Å². The maximum Gasteiger partial charge on any atom is 0.250 e. The third-order valence-corrected chi connectivity index (χ3v) is 0.725. The highest BCUT2D eigenvalue weighted by molar-refractivity contribution is 4.90. The van der Waals surface area contributed by atoms with Gasteiger partial charge in [0.05, 0.1) is 6.54 Å². The molecule has 0 saturated heterocycles. The molecule has 0 unspecified atom stereocenters. The normalized spacial score (nSPS) is 10.2. The monoisotopic (exact) mass is 135 g/mol. The molecule has 0 aliphatic heterocycles. The molecule has 0 aliphatic rings. The van der Waals surface area contributed by atoms with Crippen molar-refractivity contribution in [2.45, 2.75) is 13.3 Å². The lowest BCUT2D eigenvalue weighted by Gasteiger charge is -2.01. The van der Waals surface area contributed by atoms with Crippen molar-refractivity contribution in [2.75, 3.05) is 13.1 Å². The maximum atomic E-state index is 11.4. The van der Waals surface area contributed by atoms with Crippen LogP contribution in [-0.4, -0.2) is 19.5 Å². The molecule has 54 valence electrons. The summed E-state index contributed by atoms with van der Waals surface area (Å²) >= 11 is 0. The van der Waals surface area contributed by atoms with E-state index < -0.39 is 6.43 Å². The van der Waals surface area contributed by atoms with Crippen LogP contribution in [0.4, 0.5) is 8.78 Å². The molecular weight excluding hydrogens is 124 g/mol. The van der Waals surface area contributed by atoms with Gasteiger partial charge in [-0.05, 0) is 6.92 Å². The number of halogens is 2. The van der Waals surface area contributed by atoms with Crippen molar-refractivity contribution in [2.24, 2.45) is 0 Å². The second-order valence-corrected chi connectivity index (χ2v) is 1.98. The van der Waals surface area contributed by atoms with Crippen LogP contribution in [0.25, 0.3) is 0 Å². The number of nitrogens with one attached hydrogen (secondary N) is 1. The summed E-state index contributed by atoms with van der Waals surface area (Å²) in [6, 6.07) is 0. The van der Waals surface area contributed by atoms with E-state index in [9.17, 15) is 8.78 Å². The predicted octanol–water partition coefficient (Wildman–Crippen LogP) is 1.42. The van der Waals surface area contributed by atoms with Gasteiger partial charge in [-0.1, -0.05) is 12.2 Å². The highest BCUT2D eigenvalue weighted by atomic mass is 19.3. The first-order valence-electron chi connectivity index (χ1n) is 2.76. The highest BCUT2D eigenvalue weighted by Crippen LogP contribution is 1.88. The molecule has 0 saturated carbocycles. The van der Waals surface area contributed by atoms with E-state index in [1.165, 1.54) is 0 Å². The summed E-state index contributed by atoms with van der Waals surface area (Å²) in [6.45, 7) is 5.57. The Morgan fingerprint density at radius 2 is 2.22 bits per heavy atom. The second-order valence-electron chi connectivity index (χ2n) is 1.98. The van der Waals surface area contributed by atoms with Gasteiger partial charge in [-0.15, -0.1) is 0 Å². The van der Waals surface area contributed by atoms with Crippen molar-refractivity contribution >= 4 is 0 Å². The van der Waals surface area contributed by atoms with Gasteiger partial charge in [0.15, 0.2) is 0 Å². The van der Waals surface area contributed by atoms with Crippen LogP contribution in [0.1, 0.15) is 6.92 Å². The van der Waals surface area contributed by atoms with Gasteiger partial charge in [0.2, 0.25) is 0 Å². The Morgan fingerprint density at radius 1 is 1.67 bits per heavy atom. The topological polar surface area (TPSA) is 12.0 Å². The maximum absolute atomic E-state index is 11.4. The van der Waals surface area contributed by atoms with Gasteiger partial charge in [0.25, 0.3) is 6.43 Å². The fraction of sp³-hybridized carbons (Fsp3) is 0.667. The van der Waals surface area contributed by atoms with Gasteiger partial charge >= 0.3 is 0 Å². The second kappa shape index (κ2) is 4.44. The molecule has 0 aromatic carbocycles. The molecule has 0 heterocycles. The standard InChI is InChI=1S/C6H11F2N/c1-5(2)3-9-4-6(7)8/h6,9H,1,3-4H2,2H3. The van der Waals surface area contributed by atoms with Crippen molar-refractivity contribution in [3.8, 4) is 0 Å². The summed E-state index contributed by atoms with van der Waals surface area (Å²) in [6.07, 6.45) is -2.26. The van der Waals surface area contributed by atoms with Crippen molar-refractivity contribution in [1.82, 2.24) is 5.32 Å². The zero-order valence-corrected chi connectivity index (χ0v) is 5.45. The van der Waals surface area contributed by atoms with Crippen LogP contribution < -0.4 is 5.32 Å². The molecule has 1 N–H and O–H groups in total. The van der Waals surface area contributed by atoms with E-state index in [1.807, 2.05) is 0 Å². The summed E-state index contributed by atoms with van der Waals surface area (Å²) in [7, 11) is 0. The largest absolute Gasteiger partial charge is 0.308 e. The van der Waals surface area contributed by atoms with E-state index in [4.69, 9.17) is 0 Å². The molecule has 0 bridgehead atoms. The van der Waals surface area contributed by atoms with Gasteiger partial charge in [-0.3, -0.25) is 0 Å². The molecule has 0 atom stereocenters. The van der Waals surface area contributed by atoms with Crippen LogP contribution in [0.3, 0.4) is 0 Å². The lowest BCUT2D eigenvalue weighted by molar-refractivity contribution is 0.147. The zero-order valence-electron chi connectivity index (χ0n) is 5.45. The number of alkyl halides is 2. The quantitative estimate of drug-likeness (QED) is 0.575. The van der Waals surface area contributed by atoms with Crippen LogP contribution in [-0.2, 0) is 0 Å². The predicted molar refractivity (Wildman–Crippen MR) is 33.7 cm³/mol. The summed E-state index contributed by atoms with van der Waals surface area (Å²) in [5, 5.41) is 2.53. The third-order valence-electron chi connectivity index (χ3n) is 0.725. The van der Waals surface area contributed by atoms with Crippen molar-refractivity contribution in [3.63, 3.8) is 0 Å². The first-order valence-corrected chi connectivity index (χ1v) is 2.76. The van der Waals surface area contributed by atoms with E-state index in [-0.39, 0.29) is 6.54 Å². The fourth-order valence-corrected chi connectivity index (χ4v) is 0.395. The minimum absolute atomic E-state index is 0.243. The van der Waals surface area contributed by atoms with Gasteiger partial charge < -0.3 is 5.32 Å².